The Morgan fingerprint density at radius 2 is 2.33 bits per heavy atom. The van der Waals surface area contributed by atoms with Crippen molar-refractivity contribution in [3.63, 3.8) is 0 Å². The van der Waals surface area contributed by atoms with E-state index in [-0.39, 0.29) is 0 Å². The molecule has 4 heteroatoms. The van der Waals surface area contributed by atoms with Crippen molar-refractivity contribution < 1.29 is 4.52 Å². The Morgan fingerprint density at radius 3 is 3.07 bits per heavy atom. The lowest BCUT2D eigenvalue weighted by molar-refractivity contribution is 0.376. The van der Waals surface area contributed by atoms with Gasteiger partial charge in [-0.25, -0.2) is 0 Å². The van der Waals surface area contributed by atoms with Crippen LogP contribution in [0.3, 0.4) is 0 Å². The first kappa shape index (κ1) is 10.6. The van der Waals surface area contributed by atoms with Crippen molar-refractivity contribution >= 4 is 0 Å². The summed E-state index contributed by atoms with van der Waals surface area (Å²) in [4.78, 5) is 0. The third kappa shape index (κ3) is 3.32. The minimum Gasteiger partial charge on any atom is -0.361 e. The summed E-state index contributed by atoms with van der Waals surface area (Å²) in [5.74, 6) is 1.73. The topological polar surface area (TPSA) is 50.1 Å². The zero-order chi connectivity index (χ0) is 10.5. The summed E-state index contributed by atoms with van der Waals surface area (Å²) in [5.41, 5.74) is 1.03. The maximum atomic E-state index is 5.26. The lowest BCUT2D eigenvalue weighted by atomic mass is 10.3. The van der Waals surface area contributed by atoms with Gasteiger partial charge in [-0.3, -0.25) is 0 Å². The number of nitrogens with one attached hydrogen (secondary N) is 2. The molecule has 0 saturated heterocycles. The van der Waals surface area contributed by atoms with Crippen molar-refractivity contribution in [1.29, 1.82) is 0 Å². The second kappa shape index (κ2) is 5.28. The monoisotopic (exact) mass is 209 g/mol. The largest absolute Gasteiger partial charge is 0.361 e. The molecule has 1 aliphatic rings. The molecule has 0 atom stereocenters. The summed E-state index contributed by atoms with van der Waals surface area (Å²) in [6.45, 7) is 2.89. The molecule has 2 N–H and O–H groups in total. The lowest BCUT2D eigenvalue weighted by Crippen LogP contribution is -2.19. The first-order valence-corrected chi connectivity index (χ1v) is 5.71. The van der Waals surface area contributed by atoms with Crippen molar-refractivity contribution in [2.45, 2.75) is 31.7 Å². The van der Waals surface area contributed by atoms with E-state index in [1.54, 1.807) is 0 Å². The van der Waals surface area contributed by atoms with E-state index >= 15 is 0 Å². The van der Waals surface area contributed by atoms with Crippen LogP contribution >= 0.6 is 0 Å². The van der Waals surface area contributed by atoms with Crippen LogP contribution in [0.5, 0.6) is 0 Å². The van der Waals surface area contributed by atoms with Gasteiger partial charge in [-0.15, -0.1) is 0 Å². The average molecular weight is 209 g/mol. The summed E-state index contributed by atoms with van der Waals surface area (Å²) in [6, 6.07) is 2.09. The molecule has 1 saturated carbocycles. The van der Waals surface area contributed by atoms with E-state index in [0.717, 1.165) is 37.5 Å². The second-order valence-corrected chi connectivity index (χ2v) is 4.13. The van der Waals surface area contributed by atoms with Crippen LogP contribution in [0, 0.1) is 0 Å². The van der Waals surface area contributed by atoms with Crippen molar-refractivity contribution in [3.8, 4) is 0 Å². The van der Waals surface area contributed by atoms with Gasteiger partial charge in [0.2, 0.25) is 0 Å². The van der Waals surface area contributed by atoms with Crippen LogP contribution in [0.1, 0.15) is 36.6 Å². The predicted octanol–water partition coefficient (Wildman–Crippen LogP) is 1.25. The van der Waals surface area contributed by atoms with Gasteiger partial charge in [-0.2, -0.15) is 0 Å². The predicted molar refractivity (Wildman–Crippen MR) is 58.7 cm³/mol. The molecule has 0 spiro atoms. The van der Waals surface area contributed by atoms with E-state index in [9.17, 15) is 0 Å². The highest BCUT2D eigenvalue weighted by Gasteiger charge is 2.27. The lowest BCUT2D eigenvalue weighted by Gasteiger charge is -2.00. The Morgan fingerprint density at radius 1 is 1.47 bits per heavy atom. The molecule has 0 aliphatic heterocycles. The minimum atomic E-state index is 0.663. The van der Waals surface area contributed by atoms with Crippen LogP contribution in [0.25, 0.3) is 0 Å². The maximum absolute atomic E-state index is 5.26. The van der Waals surface area contributed by atoms with E-state index in [0.29, 0.717) is 5.92 Å². The molecule has 0 unspecified atom stereocenters. The highest BCUT2D eigenvalue weighted by Crippen LogP contribution is 2.40. The summed E-state index contributed by atoms with van der Waals surface area (Å²) < 4.78 is 5.26. The molecular weight excluding hydrogens is 190 g/mol. The minimum absolute atomic E-state index is 0.663. The molecule has 2 rings (SSSR count). The van der Waals surface area contributed by atoms with Crippen LogP contribution in [-0.4, -0.2) is 25.3 Å². The molecular formula is C11H19N3O. The summed E-state index contributed by atoms with van der Waals surface area (Å²) in [7, 11) is 1.97. The first-order valence-electron chi connectivity index (χ1n) is 5.71. The molecule has 1 fully saturated rings. The maximum Gasteiger partial charge on any atom is 0.140 e. The Labute approximate surface area is 90.4 Å². The van der Waals surface area contributed by atoms with E-state index in [1.165, 1.54) is 12.8 Å². The van der Waals surface area contributed by atoms with Crippen LogP contribution in [0.2, 0.25) is 0 Å². The zero-order valence-corrected chi connectivity index (χ0v) is 9.25. The van der Waals surface area contributed by atoms with Gasteiger partial charge in [0.1, 0.15) is 5.76 Å². The first-order chi connectivity index (χ1) is 7.40. The molecule has 1 aromatic rings. The molecule has 1 heterocycles. The number of rotatable bonds is 7. The van der Waals surface area contributed by atoms with Crippen LogP contribution in [0.4, 0.5) is 0 Å². The fourth-order valence-electron chi connectivity index (χ4n) is 1.58. The Balaban J connectivity index is 1.64. The summed E-state index contributed by atoms with van der Waals surface area (Å²) in [5, 5.41) is 10.5. The van der Waals surface area contributed by atoms with Gasteiger partial charge in [0.05, 0.1) is 5.69 Å². The van der Waals surface area contributed by atoms with E-state index in [2.05, 4.69) is 21.9 Å². The molecule has 84 valence electrons. The van der Waals surface area contributed by atoms with Crippen LogP contribution in [-0.2, 0) is 6.54 Å². The fraction of sp³-hybridized carbons (Fsp3) is 0.727. The molecule has 4 nitrogen and oxygen atoms in total. The molecule has 0 aromatic carbocycles. The molecule has 0 bridgehead atoms. The van der Waals surface area contributed by atoms with Crippen molar-refractivity contribution in [2.24, 2.45) is 0 Å². The quantitative estimate of drug-likeness (QED) is 0.664. The Kier molecular flexibility index (Phi) is 3.75. The number of hydrogen-bond acceptors (Lipinski definition) is 4. The van der Waals surface area contributed by atoms with Crippen molar-refractivity contribution in [3.05, 3.63) is 17.5 Å². The summed E-state index contributed by atoms with van der Waals surface area (Å²) >= 11 is 0. The highest BCUT2D eigenvalue weighted by atomic mass is 16.5. The SMILES string of the molecule is CNCCCNCc1cc(C2CC2)on1. The van der Waals surface area contributed by atoms with Gasteiger partial charge < -0.3 is 15.2 Å². The molecule has 15 heavy (non-hydrogen) atoms. The van der Waals surface area contributed by atoms with Gasteiger partial charge in [0, 0.05) is 18.5 Å². The smallest absolute Gasteiger partial charge is 0.140 e. The fourth-order valence-corrected chi connectivity index (χ4v) is 1.58. The standard InChI is InChI=1S/C11H19N3O/c1-12-5-2-6-13-8-10-7-11(15-14-10)9-3-4-9/h7,9,12-13H,2-6,8H2,1H3. The summed E-state index contributed by atoms with van der Waals surface area (Å²) in [6.07, 6.45) is 3.68. The van der Waals surface area contributed by atoms with Gasteiger partial charge in [0.25, 0.3) is 0 Å². The number of hydrogen-bond donors (Lipinski definition) is 2. The highest BCUT2D eigenvalue weighted by molar-refractivity contribution is 5.14. The van der Waals surface area contributed by atoms with Gasteiger partial charge >= 0.3 is 0 Å². The Hall–Kier alpha value is -0.870. The van der Waals surface area contributed by atoms with Crippen LogP contribution < -0.4 is 10.6 Å². The molecule has 1 aliphatic carbocycles. The van der Waals surface area contributed by atoms with Gasteiger partial charge in [-0.1, -0.05) is 5.16 Å². The zero-order valence-electron chi connectivity index (χ0n) is 9.25. The third-order valence-electron chi connectivity index (χ3n) is 2.64. The third-order valence-corrected chi connectivity index (χ3v) is 2.64. The van der Waals surface area contributed by atoms with E-state index < -0.39 is 0 Å². The molecule has 1 aromatic heterocycles. The van der Waals surface area contributed by atoms with Gasteiger partial charge in [-0.05, 0) is 39.4 Å². The number of aromatic nitrogens is 1. The van der Waals surface area contributed by atoms with E-state index in [4.69, 9.17) is 4.52 Å². The molecule has 0 amide bonds. The normalized spacial score (nSPS) is 15.8. The van der Waals surface area contributed by atoms with Crippen LogP contribution in [0.15, 0.2) is 10.6 Å². The average Bonchev–Trinajstić information content (AvgIpc) is 2.99. The second-order valence-electron chi connectivity index (χ2n) is 4.13. The van der Waals surface area contributed by atoms with Crippen molar-refractivity contribution in [1.82, 2.24) is 15.8 Å². The van der Waals surface area contributed by atoms with Gasteiger partial charge in [0.15, 0.2) is 0 Å². The van der Waals surface area contributed by atoms with Crippen molar-refractivity contribution in [2.75, 3.05) is 20.1 Å². The molecule has 0 radical (unpaired) electrons. The number of nitrogens with zero attached hydrogens (tertiary/aromatic N) is 1. The van der Waals surface area contributed by atoms with E-state index in [1.807, 2.05) is 7.05 Å². The Bertz CT molecular complexity index is 294.